The van der Waals surface area contributed by atoms with Crippen LogP contribution in [0.4, 0.5) is 19.3 Å². The average Bonchev–Trinajstić information content (AvgIpc) is 3.26. The number of allylic oxidation sites excluding steroid dienone is 1. The molecule has 4 amide bonds. The van der Waals surface area contributed by atoms with E-state index in [-0.39, 0.29) is 79.9 Å². The molecule has 3 aromatic rings. The number of aliphatic hydroxyl groups is 1. The summed E-state index contributed by atoms with van der Waals surface area (Å²) < 4.78 is 37.6. The van der Waals surface area contributed by atoms with Crippen molar-refractivity contribution >= 4 is 41.4 Å². The Morgan fingerprint density at radius 2 is 1.66 bits per heavy atom. The summed E-state index contributed by atoms with van der Waals surface area (Å²) >= 11 is 0. The normalized spacial score (nSPS) is 24.3. The van der Waals surface area contributed by atoms with Crippen LogP contribution in [-0.4, -0.2) is 106 Å². The maximum atomic E-state index is 15.2. The number of carbonyl (C=O) groups is 4. The van der Waals surface area contributed by atoms with E-state index >= 15 is 8.78 Å². The topological polar surface area (TPSA) is 187 Å². The minimum absolute atomic E-state index is 0.0494. The van der Waals surface area contributed by atoms with Crippen LogP contribution in [0.5, 0.6) is 0 Å². The van der Waals surface area contributed by atoms with Gasteiger partial charge in [-0.2, -0.15) is 0 Å². The van der Waals surface area contributed by atoms with Crippen molar-refractivity contribution in [2.45, 2.75) is 107 Å². The van der Waals surface area contributed by atoms with Gasteiger partial charge in [-0.25, -0.2) is 13.6 Å². The molecule has 5 aliphatic rings. The summed E-state index contributed by atoms with van der Waals surface area (Å²) in [5.74, 6) is -1.91. The molecule has 2 atom stereocenters. The first-order valence-corrected chi connectivity index (χ1v) is 21.5. The van der Waals surface area contributed by atoms with Crippen LogP contribution in [0, 0.1) is 5.82 Å². The molecule has 17 heteroatoms. The second kappa shape index (κ2) is 18.6. The van der Waals surface area contributed by atoms with E-state index < -0.39 is 41.6 Å². The number of nitrogens with zero attached hydrogens (tertiary/aromatic N) is 4. The minimum Gasteiger partial charge on any atom is -0.446 e. The lowest BCUT2D eigenvalue weighted by Crippen LogP contribution is -2.51. The fourth-order valence-electron chi connectivity index (χ4n) is 9.09. The van der Waals surface area contributed by atoms with E-state index in [0.717, 1.165) is 0 Å². The number of aromatic nitrogens is 1. The zero-order chi connectivity index (χ0) is 43.4. The van der Waals surface area contributed by atoms with Crippen molar-refractivity contribution in [3.05, 3.63) is 100.0 Å². The Kier molecular flexibility index (Phi) is 12.8. The molecule has 4 fully saturated rings. The third-order valence-corrected chi connectivity index (χ3v) is 12.7. The Hall–Kier alpha value is -5.94. The number of hydrogen-bond acceptors (Lipinski definition) is 11. The number of anilines is 1. The molecule has 15 nitrogen and oxygen atoms in total. The highest BCUT2D eigenvalue weighted by Gasteiger charge is 2.39. The zero-order valence-corrected chi connectivity index (χ0v) is 34.4. The molecule has 3 saturated heterocycles. The monoisotopic (exact) mass is 854 g/mol. The van der Waals surface area contributed by atoms with Crippen LogP contribution in [-0.2, 0) is 19.1 Å². The van der Waals surface area contributed by atoms with E-state index in [1.165, 1.54) is 22.9 Å². The van der Waals surface area contributed by atoms with Crippen LogP contribution in [0.15, 0.2) is 82.5 Å². The molecule has 5 heterocycles. The van der Waals surface area contributed by atoms with Gasteiger partial charge in [0.2, 0.25) is 17.7 Å². The summed E-state index contributed by atoms with van der Waals surface area (Å²) in [5.41, 5.74) is 1.02. The standard InChI is InChI=1S/C45H52F2N8O7/c46-35-25-31(49-37-13-14-38(56)51-42(37)59)9-12-34(35)28-15-20-53(21-16-28)40(58)26-45(61)17-22-54(23-18-45)44(60)62-33-10-7-30(8-11-33)50-43-48-27-36(47)41(52-43)29-4-3-5-32(24-29)55-19-2-1-6-39(55)57/h1-6,9,12,19,24-25,27-28,30,33,37,43,49-50,52,61H,7-8,10-11,13-18,20-23,26H2,(H,51,56,59). The fourth-order valence-corrected chi connectivity index (χ4v) is 9.09. The molecule has 1 aliphatic carbocycles. The van der Waals surface area contributed by atoms with Gasteiger partial charge in [-0.05, 0) is 99.6 Å². The van der Waals surface area contributed by atoms with E-state index in [2.05, 4.69) is 26.3 Å². The minimum atomic E-state index is -1.25. The maximum Gasteiger partial charge on any atom is 0.410 e. The first-order chi connectivity index (χ1) is 29.9. The number of piperidine rings is 3. The number of rotatable bonds is 10. The van der Waals surface area contributed by atoms with Crippen LogP contribution in [0.3, 0.4) is 0 Å². The SMILES string of the molecule is O=C1CCC(Nc2ccc(C3CCN(C(=O)CC4(O)CCN(C(=O)OC5CCC(NC6N=CC(F)=C(c7cccc(-n8ccccc8=O)c7)N6)CC5)CC4)CC3)c(F)c2)C(=O)N1. The zero-order valence-electron chi connectivity index (χ0n) is 34.4. The Labute approximate surface area is 357 Å². The van der Waals surface area contributed by atoms with Crippen molar-refractivity contribution in [2.24, 2.45) is 4.99 Å². The van der Waals surface area contributed by atoms with Crippen LogP contribution in [0.25, 0.3) is 11.4 Å². The summed E-state index contributed by atoms with van der Waals surface area (Å²) in [7, 11) is 0. The predicted octanol–water partition coefficient (Wildman–Crippen LogP) is 4.45. The van der Waals surface area contributed by atoms with E-state index in [4.69, 9.17) is 4.74 Å². The van der Waals surface area contributed by atoms with Gasteiger partial charge in [-0.1, -0.05) is 24.3 Å². The number of amides is 4. The average molecular weight is 855 g/mol. The highest BCUT2D eigenvalue weighted by molar-refractivity contribution is 6.01. The smallest absolute Gasteiger partial charge is 0.410 e. The Bertz CT molecular complexity index is 2290. The Morgan fingerprint density at radius 3 is 2.39 bits per heavy atom. The maximum absolute atomic E-state index is 15.2. The Morgan fingerprint density at radius 1 is 0.887 bits per heavy atom. The third-order valence-electron chi connectivity index (χ3n) is 12.7. The van der Waals surface area contributed by atoms with E-state index in [0.29, 0.717) is 80.5 Å². The molecule has 62 heavy (non-hydrogen) atoms. The number of ether oxygens (including phenoxy) is 1. The molecule has 0 spiro atoms. The van der Waals surface area contributed by atoms with E-state index in [1.54, 1.807) is 64.5 Å². The van der Waals surface area contributed by atoms with Gasteiger partial charge >= 0.3 is 6.09 Å². The molecule has 8 rings (SSSR count). The lowest BCUT2D eigenvalue weighted by molar-refractivity contribution is -0.139. The number of likely N-dealkylation sites (tertiary alicyclic amines) is 2. The van der Waals surface area contributed by atoms with Crippen molar-refractivity contribution in [3.63, 3.8) is 0 Å². The molecule has 328 valence electrons. The van der Waals surface area contributed by atoms with E-state index in [9.17, 15) is 29.1 Å². The van der Waals surface area contributed by atoms with Gasteiger partial charge in [0.25, 0.3) is 5.56 Å². The van der Waals surface area contributed by atoms with Gasteiger partial charge in [-0.3, -0.25) is 39.4 Å². The quantitative estimate of drug-likeness (QED) is 0.183. The van der Waals surface area contributed by atoms with Gasteiger partial charge in [0, 0.05) is 67.8 Å². The predicted molar refractivity (Wildman–Crippen MR) is 226 cm³/mol. The Balaban J connectivity index is 0.738. The lowest BCUT2D eigenvalue weighted by Gasteiger charge is -2.40. The highest BCUT2D eigenvalue weighted by Crippen LogP contribution is 2.34. The molecule has 1 saturated carbocycles. The van der Waals surface area contributed by atoms with Crippen LogP contribution in [0.1, 0.15) is 87.7 Å². The molecule has 0 bridgehead atoms. The molecule has 1 aromatic heterocycles. The van der Waals surface area contributed by atoms with Gasteiger partial charge in [0.05, 0.1) is 23.9 Å². The summed E-state index contributed by atoms with van der Waals surface area (Å²) in [5, 5.41) is 23.3. The number of aliphatic imine (C=N–C) groups is 1. The van der Waals surface area contributed by atoms with Gasteiger partial charge < -0.3 is 30.3 Å². The molecule has 2 aromatic carbocycles. The fraction of sp³-hybridized carbons (Fsp3) is 0.467. The van der Waals surface area contributed by atoms with Crippen molar-refractivity contribution in [2.75, 3.05) is 31.5 Å². The second-order valence-electron chi connectivity index (χ2n) is 17.0. The molecular formula is C45H52F2N8O7. The largest absolute Gasteiger partial charge is 0.446 e. The van der Waals surface area contributed by atoms with E-state index in [1.807, 2.05) is 0 Å². The second-order valence-corrected chi connectivity index (χ2v) is 17.0. The van der Waals surface area contributed by atoms with Crippen LogP contribution < -0.4 is 26.8 Å². The lowest BCUT2D eigenvalue weighted by atomic mass is 9.86. The van der Waals surface area contributed by atoms with Crippen molar-refractivity contribution in [1.82, 2.24) is 30.3 Å². The van der Waals surface area contributed by atoms with Crippen LogP contribution in [0.2, 0.25) is 0 Å². The summed E-state index contributed by atoms with van der Waals surface area (Å²) in [6, 6.07) is 16.2. The number of benzene rings is 2. The number of pyridine rings is 1. The summed E-state index contributed by atoms with van der Waals surface area (Å²) in [6.07, 6.45) is 6.38. The first-order valence-electron chi connectivity index (χ1n) is 21.5. The van der Waals surface area contributed by atoms with Gasteiger partial charge in [0.15, 0.2) is 12.1 Å². The molecule has 4 aliphatic heterocycles. The van der Waals surface area contributed by atoms with Gasteiger partial charge in [0.1, 0.15) is 18.0 Å². The number of carbonyl (C=O) groups excluding carboxylic acids is 4. The third kappa shape index (κ3) is 10.1. The number of nitrogens with one attached hydrogen (secondary N) is 4. The van der Waals surface area contributed by atoms with Crippen LogP contribution >= 0.6 is 0 Å². The molecule has 5 N–H and O–H groups in total. The number of hydrogen-bond donors (Lipinski definition) is 5. The summed E-state index contributed by atoms with van der Waals surface area (Å²) in [6.45, 7) is 1.39. The number of imide groups is 1. The van der Waals surface area contributed by atoms with Gasteiger partial charge in [-0.15, -0.1) is 0 Å². The summed E-state index contributed by atoms with van der Waals surface area (Å²) in [4.78, 5) is 70.0. The molecule has 2 unspecified atom stereocenters. The molecular weight excluding hydrogens is 803 g/mol. The molecule has 0 radical (unpaired) electrons. The first kappa shape index (κ1) is 42.7. The van der Waals surface area contributed by atoms with Crippen molar-refractivity contribution in [1.29, 1.82) is 0 Å². The highest BCUT2D eigenvalue weighted by atomic mass is 19.1. The van der Waals surface area contributed by atoms with Crippen molar-refractivity contribution in [3.8, 4) is 5.69 Å². The number of halogens is 2. The van der Waals surface area contributed by atoms with Crippen molar-refractivity contribution < 1.29 is 37.8 Å².